The average molecular weight is 584 g/mol. The molecule has 4 saturated carbocycles. The van der Waals surface area contributed by atoms with Gasteiger partial charge in [-0.05, 0) is 145 Å². The zero-order valence-corrected chi connectivity index (χ0v) is 27.4. The number of carboxylic acid groups (broad SMARTS) is 1. The summed E-state index contributed by atoms with van der Waals surface area (Å²) in [5, 5.41) is 12.5. The first-order valence-corrected chi connectivity index (χ1v) is 16.8. The molecule has 5 aliphatic rings. The number of benzene rings is 1. The van der Waals surface area contributed by atoms with Crippen molar-refractivity contribution in [2.24, 2.45) is 56.7 Å². The van der Waals surface area contributed by atoms with Crippen LogP contribution in [0.15, 0.2) is 55.3 Å². The minimum Gasteiger partial charge on any atom is -0.478 e. The van der Waals surface area contributed by atoms with E-state index in [9.17, 15) is 14.7 Å². The van der Waals surface area contributed by atoms with Gasteiger partial charge in [0.1, 0.15) is 0 Å². The van der Waals surface area contributed by atoms with Gasteiger partial charge >= 0.3 is 5.97 Å². The van der Waals surface area contributed by atoms with Crippen molar-refractivity contribution in [2.75, 3.05) is 0 Å². The second-order valence-electron chi connectivity index (χ2n) is 16.4. The standard InChI is InChI=1S/C39H53NO3/c1-9-40-34(43)39-21-16-27(24(2)3)32(39)29-14-15-31-36(6)19-17-28(25-10-12-26(13-11-25)33(41)42)35(4,5)30(36)18-20-38(31,8)37(29,7)22-23-39/h9-13,17,27,29-32H,1-2,14-16,18-23H2,3-8H3,(H,40,43)(H,41,42)/t27-,29+,30-,31?,32+,36-,37+,38+,39-/m0/s1. The summed E-state index contributed by atoms with van der Waals surface area (Å²) in [4.78, 5) is 25.3. The summed E-state index contributed by atoms with van der Waals surface area (Å²) >= 11 is 0. The first-order chi connectivity index (χ1) is 20.2. The van der Waals surface area contributed by atoms with Crippen LogP contribution in [0.1, 0.15) is 115 Å². The molecule has 0 radical (unpaired) electrons. The van der Waals surface area contributed by atoms with Crippen molar-refractivity contribution in [1.29, 1.82) is 0 Å². The van der Waals surface area contributed by atoms with Crippen LogP contribution in [0.5, 0.6) is 0 Å². The number of carbonyl (C=O) groups is 2. The van der Waals surface area contributed by atoms with Gasteiger partial charge in [0.15, 0.2) is 0 Å². The number of nitrogens with one attached hydrogen (secondary N) is 1. The Morgan fingerprint density at radius 2 is 1.60 bits per heavy atom. The Kier molecular flexibility index (Phi) is 7.03. The Labute approximate surface area is 259 Å². The lowest BCUT2D eigenvalue weighted by molar-refractivity contribution is -0.224. The fraction of sp³-hybridized carbons (Fsp3) is 0.641. The fourth-order valence-electron chi connectivity index (χ4n) is 12.7. The molecular formula is C39H53NO3. The summed E-state index contributed by atoms with van der Waals surface area (Å²) in [6.07, 6.45) is 14.2. The molecule has 4 fully saturated rings. The molecule has 6 rings (SSSR count). The first-order valence-electron chi connectivity index (χ1n) is 16.8. The lowest BCUT2D eigenvalue weighted by Crippen LogP contribution is -2.66. The number of amides is 1. The van der Waals surface area contributed by atoms with E-state index in [4.69, 9.17) is 0 Å². The lowest BCUT2D eigenvalue weighted by Gasteiger charge is -2.72. The van der Waals surface area contributed by atoms with Crippen molar-refractivity contribution in [3.8, 4) is 0 Å². The van der Waals surface area contributed by atoms with Crippen molar-refractivity contribution >= 4 is 17.4 Å². The van der Waals surface area contributed by atoms with Crippen molar-refractivity contribution in [3.05, 3.63) is 66.4 Å². The quantitative estimate of drug-likeness (QED) is 0.340. The maximum Gasteiger partial charge on any atom is 0.335 e. The number of aromatic carboxylic acids is 1. The number of carbonyl (C=O) groups excluding carboxylic acids is 1. The predicted octanol–water partition coefficient (Wildman–Crippen LogP) is 9.30. The highest BCUT2D eigenvalue weighted by Crippen LogP contribution is 2.77. The molecule has 2 N–H and O–H groups in total. The number of hydrogen-bond acceptors (Lipinski definition) is 2. The zero-order valence-electron chi connectivity index (χ0n) is 27.4. The third-order valence-electron chi connectivity index (χ3n) is 14.8. The van der Waals surface area contributed by atoms with Gasteiger partial charge in [-0.3, -0.25) is 4.79 Å². The molecule has 0 spiro atoms. The van der Waals surface area contributed by atoms with E-state index in [-0.39, 0.29) is 33.0 Å². The van der Waals surface area contributed by atoms with Gasteiger partial charge in [-0.1, -0.05) is 71.6 Å². The number of carboxylic acids is 1. The van der Waals surface area contributed by atoms with Crippen LogP contribution in [0.4, 0.5) is 0 Å². The molecule has 4 heteroatoms. The Morgan fingerprint density at radius 1 is 0.907 bits per heavy atom. The Hall–Kier alpha value is -2.62. The molecule has 0 bridgehead atoms. The average Bonchev–Trinajstić information content (AvgIpc) is 3.35. The molecule has 43 heavy (non-hydrogen) atoms. The molecule has 4 nitrogen and oxygen atoms in total. The van der Waals surface area contributed by atoms with Gasteiger partial charge < -0.3 is 10.4 Å². The van der Waals surface area contributed by atoms with Crippen molar-refractivity contribution in [3.63, 3.8) is 0 Å². The Bertz CT molecular complexity index is 1390. The van der Waals surface area contributed by atoms with Crippen molar-refractivity contribution in [1.82, 2.24) is 5.32 Å². The largest absolute Gasteiger partial charge is 0.478 e. The summed E-state index contributed by atoms with van der Waals surface area (Å²) in [6.45, 7) is 23.2. The zero-order chi connectivity index (χ0) is 31.2. The van der Waals surface area contributed by atoms with E-state index in [0.29, 0.717) is 35.2 Å². The van der Waals surface area contributed by atoms with Crippen molar-refractivity contribution in [2.45, 2.75) is 99.3 Å². The second kappa shape index (κ2) is 9.94. The van der Waals surface area contributed by atoms with E-state index in [1.54, 1.807) is 18.3 Å². The van der Waals surface area contributed by atoms with Crippen LogP contribution in [0.2, 0.25) is 0 Å². The van der Waals surface area contributed by atoms with Gasteiger partial charge in [0.2, 0.25) is 5.91 Å². The maximum atomic E-state index is 13.8. The summed E-state index contributed by atoms with van der Waals surface area (Å²) in [6, 6.07) is 7.52. The normalized spacial score (nSPS) is 42.7. The second-order valence-corrected chi connectivity index (χ2v) is 16.4. The number of allylic oxidation sites excluding steroid dienone is 3. The molecule has 232 valence electrons. The summed E-state index contributed by atoms with van der Waals surface area (Å²) in [5.74, 6) is 1.81. The summed E-state index contributed by atoms with van der Waals surface area (Å²) in [5.41, 5.74) is 4.44. The monoisotopic (exact) mass is 583 g/mol. The van der Waals surface area contributed by atoms with E-state index in [2.05, 4.69) is 66.1 Å². The van der Waals surface area contributed by atoms with E-state index >= 15 is 0 Å². The van der Waals surface area contributed by atoms with Crippen LogP contribution in [0.3, 0.4) is 0 Å². The van der Waals surface area contributed by atoms with Crippen molar-refractivity contribution < 1.29 is 14.7 Å². The highest BCUT2D eigenvalue weighted by molar-refractivity contribution is 5.88. The van der Waals surface area contributed by atoms with Crippen LogP contribution in [-0.2, 0) is 4.79 Å². The molecule has 1 aromatic rings. The van der Waals surface area contributed by atoms with Gasteiger partial charge in [-0.25, -0.2) is 4.79 Å². The molecular weight excluding hydrogens is 530 g/mol. The van der Waals surface area contributed by atoms with Crippen LogP contribution in [-0.4, -0.2) is 17.0 Å². The van der Waals surface area contributed by atoms with Crippen LogP contribution < -0.4 is 5.32 Å². The molecule has 1 aromatic carbocycles. The van der Waals surface area contributed by atoms with Gasteiger partial charge in [-0.2, -0.15) is 0 Å². The number of rotatable bonds is 5. The smallest absolute Gasteiger partial charge is 0.335 e. The molecule has 0 aromatic heterocycles. The van der Waals surface area contributed by atoms with E-state index in [1.807, 2.05) is 12.1 Å². The summed E-state index contributed by atoms with van der Waals surface area (Å²) < 4.78 is 0. The van der Waals surface area contributed by atoms with Crippen LogP contribution in [0, 0.1) is 56.7 Å². The molecule has 1 amide bonds. The van der Waals surface area contributed by atoms with Gasteiger partial charge in [0.05, 0.1) is 11.0 Å². The molecule has 0 aliphatic heterocycles. The Balaban J connectivity index is 1.37. The highest BCUT2D eigenvalue weighted by Gasteiger charge is 2.71. The third-order valence-corrected chi connectivity index (χ3v) is 14.8. The molecule has 0 heterocycles. The summed E-state index contributed by atoms with van der Waals surface area (Å²) in [7, 11) is 0. The minimum absolute atomic E-state index is 0.00216. The van der Waals surface area contributed by atoms with Gasteiger partial charge in [-0.15, -0.1) is 0 Å². The van der Waals surface area contributed by atoms with E-state index < -0.39 is 5.97 Å². The molecule has 5 aliphatic carbocycles. The molecule has 9 atom stereocenters. The highest BCUT2D eigenvalue weighted by atomic mass is 16.4. The third kappa shape index (κ3) is 3.99. The number of fused-ring (bicyclic) bond motifs is 7. The van der Waals surface area contributed by atoms with Gasteiger partial charge in [0, 0.05) is 0 Å². The fourth-order valence-corrected chi connectivity index (χ4v) is 12.7. The maximum absolute atomic E-state index is 13.8. The van der Waals surface area contributed by atoms with E-state index in [0.717, 1.165) is 37.7 Å². The molecule has 0 saturated heterocycles. The van der Waals surface area contributed by atoms with Crippen LogP contribution in [0.25, 0.3) is 5.57 Å². The lowest BCUT2D eigenvalue weighted by atomic mass is 9.32. The predicted molar refractivity (Wildman–Crippen MR) is 174 cm³/mol. The van der Waals surface area contributed by atoms with E-state index in [1.165, 1.54) is 36.8 Å². The first kappa shape index (κ1) is 30.4. The minimum atomic E-state index is -0.875. The SMILES string of the molecule is C=CNC(=O)[C@]12CC[C@@H](C(=C)C)[C@@H]1[C@H]1CCC3[C@@]4(C)CC=C(c5ccc(C(=O)O)cc5)C(C)(C)[C@@H]4CC[C@@]3(C)[C@]1(C)CC2. The molecule has 1 unspecified atom stereocenters. The number of hydrogen-bond donors (Lipinski definition) is 2. The topological polar surface area (TPSA) is 66.4 Å². The van der Waals surface area contributed by atoms with Gasteiger partial charge in [0.25, 0.3) is 0 Å². The Morgan fingerprint density at radius 3 is 2.23 bits per heavy atom. The van der Waals surface area contributed by atoms with Crippen LogP contribution >= 0.6 is 0 Å².